The summed E-state index contributed by atoms with van der Waals surface area (Å²) in [6, 6.07) is 8.43. The summed E-state index contributed by atoms with van der Waals surface area (Å²) < 4.78 is 1.33. The van der Waals surface area contributed by atoms with Gasteiger partial charge in [0.25, 0.3) is 0 Å². The minimum absolute atomic E-state index is 1.16. The molecule has 0 N–H and O–H groups in total. The van der Waals surface area contributed by atoms with Crippen molar-refractivity contribution >= 4 is 21.6 Å². The fraction of sp³-hybridized carbons (Fsp3) is 0.533. The Labute approximate surface area is 108 Å². The number of thiazole rings is 1. The predicted molar refractivity (Wildman–Crippen MR) is 76.7 cm³/mol. The second-order valence-electron chi connectivity index (χ2n) is 4.59. The van der Waals surface area contributed by atoms with E-state index in [2.05, 4.69) is 36.2 Å². The number of benzene rings is 1. The third kappa shape index (κ3) is 3.81. The zero-order chi connectivity index (χ0) is 11.9. The molecular formula is C15H21NS. The van der Waals surface area contributed by atoms with Crippen LogP contribution in [0.25, 0.3) is 10.2 Å². The molecule has 0 bridgehead atoms. The monoisotopic (exact) mass is 247 g/mol. The Balaban J connectivity index is 1.75. The Morgan fingerprint density at radius 1 is 1.00 bits per heavy atom. The van der Waals surface area contributed by atoms with E-state index < -0.39 is 0 Å². The van der Waals surface area contributed by atoms with Gasteiger partial charge in [-0.2, -0.15) is 0 Å². The summed E-state index contributed by atoms with van der Waals surface area (Å²) in [5, 5.41) is 1.31. The lowest BCUT2D eigenvalue weighted by Gasteiger charge is -1.98. The number of rotatable bonds is 7. The highest BCUT2D eigenvalue weighted by Gasteiger charge is 2.02. The number of aryl methyl sites for hydroxylation is 1. The highest BCUT2D eigenvalue weighted by molar-refractivity contribution is 7.18. The maximum Gasteiger partial charge on any atom is 0.0938 e. The van der Waals surface area contributed by atoms with Crippen molar-refractivity contribution in [1.82, 2.24) is 4.98 Å². The van der Waals surface area contributed by atoms with Crippen molar-refractivity contribution in [2.75, 3.05) is 0 Å². The van der Waals surface area contributed by atoms with Gasteiger partial charge in [0.05, 0.1) is 15.2 Å². The fourth-order valence-corrected chi connectivity index (χ4v) is 3.09. The molecule has 0 saturated heterocycles. The summed E-state index contributed by atoms with van der Waals surface area (Å²) in [4.78, 5) is 4.67. The Morgan fingerprint density at radius 3 is 2.59 bits per heavy atom. The second kappa shape index (κ2) is 6.75. The van der Waals surface area contributed by atoms with Crippen LogP contribution < -0.4 is 0 Å². The standard InChI is InChI=1S/C15H21NS/c1-2-3-4-5-6-7-12-15-16-13-10-8-9-11-14(13)17-15/h8-11H,2-7,12H2,1H3. The van der Waals surface area contributed by atoms with Crippen molar-refractivity contribution in [3.8, 4) is 0 Å². The van der Waals surface area contributed by atoms with Crippen molar-refractivity contribution in [3.63, 3.8) is 0 Å². The molecule has 0 saturated carbocycles. The van der Waals surface area contributed by atoms with Gasteiger partial charge >= 0.3 is 0 Å². The first-order valence-electron chi connectivity index (χ1n) is 6.74. The smallest absolute Gasteiger partial charge is 0.0938 e. The normalized spacial score (nSPS) is 11.1. The molecule has 1 aromatic heterocycles. The third-order valence-corrected chi connectivity index (χ3v) is 4.18. The van der Waals surface area contributed by atoms with Crippen molar-refractivity contribution in [2.24, 2.45) is 0 Å². The van der Waals surface area contributed by atoms with Crippen molar-refractivity contribution < 1.29 is 0 Å². The summed E-state index contributed by atoms with van der Waals surface area (Å²) in [6.07, 6.45) is 9.32. The third-order valence-electron chi connectivity index (χ3n) is 3.08. The SMILES string of the molecule is CCCCCCCCc1nc2ccccc2s1. The summed E-state index contributed by atoms with van der Waals surface area (Å²) in [5.41, 5.74) is 1.17. The average molecular weight is 247 g/mol. The van der Waals surface area contributed by atoms with Crippen molar-refractivity contribution in [2.45, 2.75) is 51.9 Å². The van der Waals surface area contributed by atoms with Crippen LogP contribution >= 0.6 is 11.3 Å². The van der Waals surface area contributed by atoms with Crippen molar-refractivity contribution in [3.05, 3.63) is 29.3 Å². The molecule has 17 heavy (non-hydrogen) atoms. The van der Waals surface area contributed by atoms with Gasteiger partial charge in [-0.15, -0.1) is 11.3 Å². The Kier molecular flexibility index (Phi) is 4.99. The zero-order valence-electron chi connectivity index (χ0n) is 10.6. The highest BCUT2D eigenvalue weighted by atomic mass is 32.1. The molecule has 2 aromatic rings. The molecule has 2 heteroatoms. The lowest BCUT2D eigenvalue weighted by Crippen LogP contribution is -1.84. The number of aromatic nitrogens is 1. The minimum atomic E-state index is 1.16. The largest absolute Gasteiger partial charge is 0.241 e. The first kappa shape index (κ1) is 12.6. The Morgan fingerprint density at radius 2 is 1.76 bits per heavy atom. The molecule has 1 heterocycles. The van der Waals surface area contributed by atoms with E-state index >= 15 is 0 Å². The van der Waals surface area contributed by atoms with Crippen LogP contribution in [0.3, 0.4) is 0 Å². The van der Waals surface area contributed by atoms with E-state index in [0.717, 1.165) is 6.42 Å². The van der Waals surface area contributed by atoms with E-state index in [1.54, 1.807) is 0 Å². The number of para-hydroxylation sites is 1. The molecule has 0 spiro atoms. The number of nitrogens with zero attached hydrogens (tertiary/aromatic N) is 1. The minimum Gasteiger partial charge on any atom is -0.241 e. The first-order chi connectivity index (χ1) is 8.40. The quantitative estimate of drug-likeness (QED) is 0.613. The number of fused-ring (bicyclic) bond motifs is 1. The molecule has 0 aliphatic rings. The van der Waals surface area contributed by atoms with Gasteiger partial charge in [0.2, 0.25) is 0 Å². The van der Waals surface area contributed by atoms with Crippen LogP contribution in [0.4, 0.5) is 0 Å². The molecule has 0 amide bonds. The van der Waals surface area contributed by atoms with Crippen LogP contribution in [0.2, 0.25) is 0 Å². The molecule has 0 aliphatic heterocycles. The van der Waals surface area contributed by atoms with Gasteiger partial charge in [0.15, 0.2) is 0 Å². The Hall–Kier alpha value is -0.890. The van der Waals surface area contributed by atoms with E-state index in [-0.39, 0.29) is 0 Å². The topological polar surface area (TPSA) is 12.9 Å². The number of hydrogen-bond donors (Lipinski definition) is 0. The summed E-state index contributed by atoms with van der Waals surface area (Å²) in [7, 11) is 0. The van der Waals surface area contributed by atoms with E-state index in [1.807, 2.05) is 11.3 Å². The van der Waals surface area contributed by atoms with E-state index in [4.69, 9.17) is 0 Å². The zero-order valence-corrected chi connectivity index (χ0v) is 11.4. The summed E-state index contributed by atoms with van der Waals surface area (Å²) in [5.74, 6) is 0. The summed E-state index contributed by atoms with van der Waals surface area (Å²) >= 11 is 1.85. The maximum absolute atomic E-state index is 4.67. The van der Waals surface area contributed by atoms with Crippen LogP contribution in [-0.4, -0.2) is 4.98 Å². The van der Waals surface area contributed by atoms with Gasteiger partial charge < -0.3 is 0 Å². The fourth-order valence-electron chi connectivity index (χ4n) is 2.08. The van der Waals surface area contributed by atoms with Gasteiger partial charge in [-0.05, 0) is 25.0 Å². The van der Waals surface area contributed by atoms with Crippen LogP contribution in [0, 0.1) is 0 Å². The van der Waals surface area contributed by atoms with Crippen LogP contribution in [0.15, 0.2) is 24.3 Å². The lowest BCUT2D eigenvalue weighted by atomic mass is 10.1. The molecule has 2 rings (SSSR count). The lowest BCUT2D eigenvalue weighted by molar-refractivity contribution is 0.607. The molecular weight excluding hydrogens is 226 g/mol. The molecule has 0 aliphatic carbocycles. The average Bonchev–Trinajstić information content (AvgIpc) is 2.76. The number of unbranched alkanes of at least 4 members (excludes halogenated alkanes) is 5. The predicted octanol–water partition coefficient (Wildman–Crippen LogP) is 5.20. The van der Waals surface area contributed by atoms with Crippen LogP contribution in [0.1, 0.15) is 50.5 Å². The van der Waals surface area contributed by atoms with Gasteiger partial charge in [-0.1, -0.05) is 51.2 Å². The molecule has 1 aromatic carbocycles. The van der Waals surface area contributed by atoms with E-state index in [1.165, 1.54) is 53.7 Å². The molecule has 0 atom stereocenters. The maximum atomic E-state index is 4.67. The van der Waals surface area contributed by atoms with Gasteiger partial charge in [-0.3, -0.25) is 0 Å². The Bertz CT molecular complexity index is 414. The second-order valence-corrected chi connectivity index (χ2v) is 5.71. The molecule has 1 nitrogen and oxygen atoms in total. The molecule has 92 valence electrons. The van der Waals surface area contributed by atoms with Gasteiger partial charge in [-0.25, -0.2) is 4.98 Å². The van der Waals surface area contributed by atoms with Gasteiger partial charge in [0, 0.05) is 0 Å². The van der Waals surface area contributed by atoms with Crippen LogP contribution in [-0.2, 0) is 6.42 Å². The van der Waals surface area contributed by atoms with Crippen molar-refractivity contribution in [1.29, 1.82) is 0 Å². The molecule has 0 unspecified atom stereocenters. The number of hydrogen-bond acceptors (Lipinski definition) is 2. The van der Waals surface area contributed by atoms with E-state index in [9.17, 15) is 0 Å². The first-order valence-corrected chi connectivity index (χ1v) is 7.56. The highest BCUT2D eigenvalue weighted by Crippen LogP contribution is 2.23. The molecule has 0 fully saturated rings. The van der Waals surface area contributed by atoms with Gasteiger partial charge in [0.1, 0.15) is 0 Å². The summed E-state index contributed by atoms with van der Waals surface area (Å²) in [6.45, 7) is 2.27. The van der Waals surface area contributed by atoms with Crippen LogP contribution in [0.5, 0.6) is 0 Å². The molecule has 0 radical (unpaired) electrons. The van der Waals surface area contributed by atoms with E-state index in [0.29, 0.717) is 0 Å².